The summed E-state index contributed by atoms with van der Waals surface area (Å²) in [7, 11) is 0. The maximum absolute atomic E-state index is 13.4. The Morgan fingerprint density at radius 2 is 1.75 bits per heavy atom. The zero-order valence-corrected chi connectivity index (χ0v) is 17.6. The molecule has 0 spiro atoms. The van der Waals surface area contributed by atoms with E-state index >= 15 is 0 Å². The number of aliphatic hydroxyl groups is 1. The van der Waals surface area contributed by atoms with E-state index in [1.54, 1.807) is 0 Å². The van der Waals surface area contributed by atoms with E-state index in [0.29, 0.717) is 30.6 Å². The van der Waals surface area contributed by atoms with Crippen LogP contribution in [-0.4, -0.2) is 34.3 Å². The van der Waals surface area contributed by atoms with Crippen molar-refractivity contribution < 1.29 is 24.2 Å². The lowest BCUT2D eigenvalue weighted by Gasteiger charge is -2.60. The van der Waals surface area contributed by atoms with Crippen molar-refractivity contribution in [2.24, 2.45) is 34.5 Å². The maximum Gasteiger partial charge on any atom is 0.302 e. The molecule has 0 unspecified atom stereocenters. The monoisotopic (exact) mass is 390 g/mol. The van der Waals surface area contributed by atoms with Crippen LogP contribution in [0, 0.1) is 34.5 Å². The summed E-state index contributed by atoms with van der Waals surface area (Å²) in [6.45, 7) is 7.10. The molecule has 0 saturated heterocycles. The average molecular weight is 391 g/mol. The van der Waals surface area contributed by atoms with Gasteiger partial charge in [0.25, 0.3) is 0 Å². The van der Waals surface area contributed by atoms with Crippen molar-refractivity contribution in [3.05, 3.63) is 0 Å². The van der Waals surface area contributed by atoms with Crippen LogP contribution in [0.15, 0.2) is 0 Å². The Morgan fingerprint density at radius 1 is 1.04 bits per heavy atom. The molecule has 4 aliphatic rings. The molecule has 0 bridgehead atoms. The first-order valence-electron chi connectivity index (χ1n) is 11.0. The number of ether oxygens (including phenoxy) is 1. The third kappa shape index (κ3) is 2.50. The van der Waals surface area contributed by atoms with Crippen LogP contribution in [0.5, 0.6) is 0 Å². The zero-order valence-electron chi connectivity index (χ0n) is 17.6. The Morgan fingerprint density at radius 3 is 2.39 bits per heavy atom. The van der Waals surface area contributed by atoms with Gasteiger partial charge in [-0.15, -0.1) is 0 Å². The van der Waals surface area contributed by atoms with Crippen LogP contribution in [0.4, 0.5) is 0 Å². The minimum Gasteiger partial charge on any atom is -0.463 e. The van der Waals surface area contributed by atoms with Gasteiger partial charge in [0.05, 0.1) is 5.41 Å². The molecule has 28 heavy (non-hydrogen) atoms. The van der Waals surface area contributed by atoms with Gasteiger partial charge in [0.1, 0.15) is 17.5 Å². The summed E-state index contributed by atoms with van der Waals surface area (Å²) in [5.41, 5.74) is -2.35. The summed E-state index contributed by atoms with van der Waals surface area (Å²) in [6.07, 6.45) is 6.50. The van der Waals surface area contributed by atoms with Crippen LogP contribution < -0.4 is 0 Å². The number of rotatable bonds is 2. The summed E-state index contributed by atoms with van der Waals surface area (Å²) in [5, 5.41) is 11.2. The van der Waals surface area contributed by atoms with Gasteiger partial charge in [-0.25, -0.2) is 0 Å². The topological polar surface area (TPSA) is 80.7 Å². The summed E-state index contributed by atoms with van der Waals surface area (Å²) in [5.74, 6) is 0.880. The normalized spacial score (nSPS) is 50.3. The fourth-order valence-corrected chi connectivity index (χ4v) is 7.86. The van der Waals surface area contributed by atoms with Gasteiger partial charge in [-0.2, -0.15) is 0 Å². The van der Waals surface area contributed by atoms with Crippen molar-refractivity contribution in [1.82, 2.24) is 0 Å². The van der Waals surface area contributed by atoms with E-state index in [1.807, 2.05) is 6.92 Å². The number of esters is 1. The molecule has 0 aromatic rings. The molecule has 4 rings (SSSR count). The second-order valence-corrected chi connectivity index (χ2v) is 10.4. The fourth-order valence-electron chi connectivity index (χ4n) is 7.86. The standard InChI is InChI=1S/C23H34O5/c1-13(24)23(27)10-8-18-17-6-5-15-11-16(28-14(2)25)7-9-21(15,3)19(17)12-20(26)22(18,23)4/h15-19,27H,5-12H2,1-4H3/t15-,16-,17+,18-,19+,21-,22+,23+/m0/s1. The molecule has 5 nitrogen and oxygen atoms in total. The van der Waals surface area contributed by atoms with Gasteiger partial charge >= 0.3 is 5.97 Å². The van der Waals surface area contributed by atoms with E-state index in [0.717, 1.165) is 38.5 Å². The van der Waals surface area contributed by atoms with Crippen LogP contribution >= 0.6 is 0 Å². The van der Waals surface area contributed by atoms with Gasteiger partial charge in [-0.05, 0) is 87.9 Å². The summed E-state index contributed by atoms with van der Waals surface area (Å²) in [4.78, 5) is 37.1. The Balaban J connectivity index is 1.62. The molecule has 1 N–H and O–H groups in total. The van der Waals surface area contributed by atoms with E-state index in [2.05, 4.69) is 6.92 Å². The Labute approximate surface area is 167 Å². The molecule has 0 heterocycles. The van der Waals surface area contributed by atoms with E-state index in [-0.39, 0.29) is 35.0 Å². The molecule has 5 heteroatoms. The SMILES string of the molecule is CC(=O)O[C@H]1CC[C@@]2(C)[C@@H](CC[C@H]3[C@H]2CC(=O)[C@@]2(C)[C@H]3CC[C@@]2(O)C(C)=O)C1. The van der Waals surface area contributed by atoms with Crippen molar-refractivity contribution in [1.29, 1.82) is 0 Å². The van der Waals surface area contributed by atoms with Crippen LogP contribution in [-0.2, 0) is 19.1 Å². The van der Waals surface area contributed by atoms with E-state index in [1.165, 1.54) is 13.8 Å². The Kier molecular flexibility index (Phi) is 4.57. The van der Waals surface area contributed by atoms with Gasteiger partial charge in [0.2, 0.25) is 0 Å². The first-order chi connectivity index (χ1) is 13.0. The summed E-state index contributed by atoms with van der Waals surface area (Å²) < 4.78 is 5.50. The molecule has 0 aromatic carbocycles. The number of hydrogen-bond acceptors (Lipinski definition) is 5. The quantitative estimate of drug-likeness (QED) is 0.730. The van der Waals surface area contributed by atoms with Gasteiger partial charge < -0.3 is 9.84 Å². The highest BCUT2D eigenvalue weighted by atomic mass is 16.5. The van der Waals surface area contributed by atoms with Crippen molar-refractivity contribution in [2.45, 2.75) is 90.8 Å². The smallest absolute Gasteiger partial charge is 0.302 e. The predicted molar refractivity (Wildman–Crippen MR) is 103 cm³/mol. The highest BCUT2D eigenvalue weighted by Gasteiger charge is 2.69. The summed E-state index contributed by atoms with van der Waals surface area (Å²) in [6, 6.07) is 0. The lowest BCUT2D eigenvalue weighted by molar-refractivity contribution is -0.181. The van der Waals surface area contributed by atoms with Gasteiger partial charge in [-0.1, -0.05) is 6.92 Å². The lowest BCUT2D eigenvalue weighted by Crippen LogP contribution is -2.62. The van der Waals surface area contributed by atoms with Crippen molar-refractivity contribution >= 4 is 17.5 Å². The largest absolute Gasteiger partial charge is 0.463 e. The molecule has 0 aromatic heterocycles. The van der Waals surface area contributed by atoms with Crippen molar-refractivity contribution in [3.63, 3.8) is 0 Å². The van der Waals surface area contributed by atoms with E-state index < -0.39 is 11.0 Å². The molecule has 8 atom stereocenters. The third-order valence-electron chi connectivity index (χ3n) is 9.53. The number of Topliss-reactive ketones (excluding diaryl/α,β-unsaturated/α-hetero) is 2. The van der Waals surface area contributed by atoms with Crippen LogP contribution in [0.3, 0.4) is 0 Å². The van der Waals surface area contributed by atoms with Gasteiger partial charge in [0.15, 0.2) is 5.78 Å². The first kappa shape index (κ1) is 20.1. The van der Waals surface area contributed by atoms with Crippen LogP contribution in [0.2, 0.25) is 0 Å². The van der Waals surface area contributed by atoms with Crippen molar-refractivity contribution in [3.8, 4) is 0 Å². The number of carbonyl (C=O) groups is 3. The predicted octanol–water partition coefficient (Wildman–Crippen LogP) is 3.46. The number of carbonyl (C=O) groups excluding carboxylic acids is 3. The molecule has 4 aliphatic carbocycles. The minimum atomic E-state index is -1.50. The molecule has 156 valence electrons. The van der Waals surface area contributed by atoms with Crippen LogP contribution in [0.25, 0.3) is 0 Å². The molecule has 4 fully saturated rings. The highest BCUT2D eigenvalue weighted by Crippen LogP contribution is 2.67. The second kappa shape index (κ2) is 6.38. The second-order valence-electron chi connectivity index (χ2n) is 10.4. The van der Waals surface area contributed by atoms with E-state index in [4.69, 9.17) is 4.74 Å². The maximum atomic E-state index is 13.4. The van der Waals surface area contributed by atoms with Crippen molar-refractivity contribution in [2.75, 3.05) is 0 Å². The number of ketones is 2. The minimum absolute atomic E-state index is 0.00553. The molecule has 0 radical (unpaired) electrons. The Hall–Kier alpha value is -1.23. The summed E-state index contributed by atoms with van der Waals surface area (Å²) >= 11 is 0. The highest BCUT2D eigenvalue weighted by molar-refractivity contribution is 5.97. The van der Waals surface area contributed by atoms with Gasteiger partial charge in [0, 0.05) is 13.3 Å². The van der Waals surface area contributed by atoms with E-state index in [9.17, 15) is 19.5 Å². The molecule has 0 amide bonds. The van der Waals surface area contributed by atoms with Gasteiger partial charge in [-0.3, -0.25) is 14.4 Å². The van der Waals surface area contributed by atoms with Crippen LogP contribution in [0.1, 0.15) is 79.1 Å². The number of hydrogen-bond donors (Lipinski definition) is 1. The molecular formula is C23H34O5. The average Bonchev–Trinajstić information content (AvgIpc) is 2.90. The lowest BCUT2D eigenvalue weighted by atomic mass is 9.44. The molecular weight excluding hydrogens is 356 g/mol. The molecule has 4 saturated carbocycles. The number of fused-ring (bicyclic) bond motifs is 5. The Bertz CT molecular complexity index is 716. The first-order valence-corrected chi connectivity index (χ1v) is 11.0. The fraction of sp³-hybridized carbons (Fsp3) is 0.870. The molecule has 0 aliphatic heterocycles. The zero-order chi connectivity index (χ0) is 20.5. The third-order valence-corrected chi connectivity index (χ3v) is 9.53.